The van der Waals surface area contributed by atoms with Crippen molar-refractivity contribution in [2.75, 3.05) is 19.0 Å². The second-order valence-corrected chi connectivity index (χ2v) is 10.6. The fourth-order valence-corrected chi connectivity index (χ4v) is 6.68. The molecule has 1 N–H and O–H groups in total. The number of anilines is 1. The van der Waals surface area contributed by atoms with Crippen LogP contribution in [-0.4, -0.2) is 28.0 Å². The summed E-state index contributed by atoms with van der Waals surface area (Å²) in [7, 11) is -2.25. The molecule has 0 bridgehead atoms. The summed E-state index contributed by atoms with van der Waals surface area (Å²) in [6.07, 6.45) is 1.09. The van der Waals surface area contributed by atoms with Crippen LogP contribution in [0.1, 0.15) is 36.1 Å². The molecular formula is C23H22ClNO5S2. The first-order chi connectivity index (χ1) is 15.3. The number of hydrogen-bond donors (Lipinski definition) is 1. The maximum absolute atomic E-state index is 13.2. The van der Waals surface area contributed by atoms with Gasteiger partial charge in [-0.2, -0.15) is 0 Å². The number of nitrogens with one attached hydrogen (secondary N) is 1. The second kappa shape index (κ2) is 9.13. The van der Waals surface area contributed by atoms with Crippen molar-refractivity contribution in [2.45, 2.75) is 35.5 Å². The predicted octanol–water partition coefficient (Wildman–Crippen LogP) is 5.51. The standard InChI is InChI=1S/C23H22ClNO5S2/c1-3-10-30-18-9-4-14(11-19(18)29-2)17-12-21(26)25-22-20(13-31-23(17)22)32(27,28)16-7-5-15(24)6-8-16/h4-9,11,13,17H,3,10,12H2,1-2H3,(H,25,26)/t17-/m1/s1. The molecule has 32 heavy (non-hydrogen) atoms. The number of fused-ring (bicyclic) bond motifs is 1. The first-order valence-electron chi connectivity index (χ1n) is 10.1. The van der Waals surface area contributed by atoms with Crippen molar-refractivity contribution < 1.29 is 22.7 Å². The fraction of sp³-hybridized carbons (Fsp3) is 0.261. The summed E-state index contributed by atoms with van der Waals surface area (Å²) in [5, 5.41) is 4.81. The largest absolute Gasteiger partial charge is 0.493 e. The first-order valence-corrected chi connectivity index (χ1v) is 12.8. The lowest BCUT2D eigenvalue weighted by molar-refractivity contribution is -0.116. The van der Waals surface area contributed by atoms with Gasteiger partial charge in [-0.1, -0.05) is 24.6 Å². The van der Waals surface area contributed by atoms with Crippen LogP contribution in [0.4, 0.5) is 5.69 Å². The van der Waals surface area contributed by atoms with Crippen LogP contribution in [0.3, 0.4) is 0 Å². The minimum Gasteiger partial charge on any atom is -0.493 e. The van der Waals surface area contributed by atoms with E-state index in [9.17, 15) is 13.2 Å². The summed E-state index contributed by atoms with van der Waals surface area (Å²) in [6, 6.07) is 11.6. The SMILES string of the molecule is CCCOc1ccc([C@H]2CC(=O)Nc3c(S(=O)(=O)c4ccc(Cl)cc4)csc32)cc1OC. The van der Waals surface area contributed by atoms with Gasteiger partial charge in [-0.15, -0.1) is 11.3 Å². The third-order valence-electron chi connectivity index (χ3n) is 5.22. The van der Waals surface area contributed by atoms with E-state index in [1.165, 1.54) is 35.6 Å². The van der Waals surface area contributed by atoms with Gasteiger partial charge in [0.15, 0.2) is 11.5 Å². The molecule has 0 radical (unpaired) electrons. The number of carbonyl (C=O) groups excluding carboxylic acids is 1. The number of rotatable bonds is 7. The molecule has 1 aliphatic heterocycles. The van der Waals surface area contributed by atoms with Gasteiger partial charge in [0, 0.05) is 27.6 Å². The number of ether oxygens (including phenoxy) is 2. The zero-order valence-electron chi connectivity index (χ0n) is 17.6. The zero-order chi connectivity index (χ0) is 22.9. The van der Waals surface area contributed by atoms with Gasteiger partial charge >= 0.3 is 0 Å². The highest BCUT2D eigenvalue weighted by Gasteiger charge is 2.34. The monoisotopic (exact) mass is 491 g/mol. The Balaban J connectivity index is 1.75. The second-order valence-electron chi connectivity index (χ2n) is 7.36. The Morgan fingerprint density at radius 1 is 1.16 bits per heavy atom. The quantitative estimate of drug-likeness (QED) is 0.471. The average Bonchev–Trinajstić information content (AvgIpc) is 3.22. The molecule has 0 aliphatic carbocycles. The van der Waals surface area contributed by atoms with E-state index in [-0.39, 0.29) is 28.0 Å². The van der Waals surface area contributed by atoms with Crippen LogP contribution in [-0.2, 0) is 14.6 Å². The number of halogens is 1. The molecule has 0 fully saturated rings. The van der Waals surface area contributed by atoms with Gasteiger partial charge in [-0.25, -0.2) is 8.42 Å². The van der Waals surface area contributed by atoms with Crippen LogP contribution in [0.15, 0.2) is 57.6 Å². The van der Waals surface area contributed by atoms with Crippen molar-refractivity contribution in [3.8, 4) is 11.5 Å². The minimum atomic E-state index is -3.82. The molecule has 3 aromatic rings. The molecule has 168 valence electrons. The van der Waals surface area contributed by atoms with Gasteiger partial charge in [-0.3, -0.25) is 4.79 Å². The molecule has 1 amide bonds. The molecular weight excluding hydrogens is 470 g/mol. The van der Waals surface area contributed by atoms with E-state index in [2.05, 4.69) is 5.32 Å². The number of amides is 1. The van der Waals surface area contributed by atoms with Crippen LogP contribution in [0.25, 0.3) is 0 Å². The highest BCUT2D eigenvalue weighted by Crippen LogP contribution is 2.47. The number of sulfone groups is 1. The topological polar surface area (TPSA) is 81.7 Å². The van der Waals surface area contributed by atoms with E-state index in [1.54, 1.807) is 12.5 Å². The average molecular weight is 492 g/mol. The Bertz CT molecular complexity index is 1250. The van der Waals surface area contributed by atoms with Gasteiger partial charge < -0.3 is 14.8 Å². The summed E-state index contributed by atoms with van der Waals surface area (Å²) in [6.45, 7) is 2.60. The number of hydrogen-bond acceptors (Lipinski definition) is 6. The summed E-state index contributed by atoms with van der Waals surface area (Å²) in [4.78, 5) is 13.6. The van der Waals surface area contributed by atoms with Crippen LogP contribution >= 0.6 is 22.9 Å². The van der Waals surface area contributed by atoms with Gasteiger partial charge in [0.05, 0.1) is 24.3 Å². The molecule has 2 aromatic carbocycles. The Kier molecular flexibility index (Phi) is 6.46. The molecule has 6 nitrogen and oxygen atoms in total. The number of carbonyl (C=O) groups is 1. The molecule has 2 heterocycles. The molecule has 0 spiro atoms. The van der Waals surface area contributed by atoms with Gasteiger partial charge in [0.2, 0.25) is 15.7 Å². The molecule has 1 aromatic heterocycles. The minimum absolute atomic E-state index is 0.0905. The summed E-state index contributed by atoms with van der Waals surface area (Å²) in [5.74, 6) is 0.690. The lowest BCUT2D eigenvalue weighted by atomic mass is 9.90. The normalized spacial score (nSPS) is 15.7. The first kappa shape index (κ1) is 22.6. The van der Waals surface area contributed by atoms with E-state index < -0.39 is 9.84 Å². The van der Waals surface area contributed by atoms with Crippen LogP contribution < -0.4 is 14.8 Å². The molecule has 9 heteroatoms. The Labute approximate surface area is 196 Å². The van der Waals surface area contributed by atoms with Gasteiger partial charge in [0.25, 0.3) is 0 Å². The Hall–Kier alpha value is -2.55. The maximum atomic E-state index is 13.2. The Morgan fingerprint density at radius 2 is 1.91 bits per heavy atom. The zero-order valence-corrected chi connectivity index (χ0v) is 19.9. The molecule has 0 saturated heterocycles. The van der Waals surface area contributed by atoms with Crippen molar-refractivity contribution in [3.63, 3.8) is 0 Å². The van der Waals surface area contributed by atoms with Crippen molar-refractivity contribution in [2.24, 2.45) is 0 Å². The summed E-state index contributed by atoms with van der Waals surface area (Å²) in [5.41, 5.74) is 1.20. The Morgan fingerprint density at radius 3 is 2.59 bits per heavy atom. The molecule has 0 saturated carbocycles. The smallest absolute Gasteiger partial charge is 0.225 e. The molecule has 1 atom stereocenters. The highest BCUT2D eigenvalue weighted by molar-refractivity contribution is 7.91. The van der Waals surface area contributed by atoms with Crippen LogP contribution in [0.2, 0.25) is 5.02 Å². The highest BCUT2D eigenvalue weighted by atomic mass is 35.5. The number of thiophene rings is 1. The summed E-state index contributed by atoms with van der Waals surface area (Å²) >= 11 is 7.22. The van der Waals surface area contributed by atoms with Gasteiger partial charge in [-0.05, 0) is 48.4 Å². The maximum Gasteiger partial charge on any atom is 0.225 e. The van der Waals surface area contributed by atoms with Crippen molar-refractivity contribution in [1.29, 1.82) is 0 Å². The number of benzene rings is 2. The van der Waals surface area contributed by atoms with E-state index >= 15 is 0 Å². The lowest BCUT2D eigenvalue weighted by Crippen LogP contribution is -2.23. The van der Waals surface area contributed by atoms with Crippen molar-refractivity contribution in [3.05, 3.63) is 63.3 Å². The van der Waals surface area contributed by atoms with E-state index in [0.717, 1.165) is 16.9 Å². The lowest BCUT2D eigenvalue weighted by Gasteiger charge is -2.24. The fourth-order valence-electron chi connectivity index (χ4n) is 3.64. The molecule has 1 aliphatic rings. The van der Waals surface area contributed by atoms with Crippen molar-refractivity contribution in [1.82, 2.24) is 0 Å². The third kappa shape index (κ3) is 4.22. The van der Waals surface area contributed by atoms with Crippen LogP contribution in [0, 0.1) is 0 Å². The van der Waals surface area contributed by atoms with E-state index in [0.29, 0.717) is 28.8 Å². The predicted molar refractivity (Wildman–Crippen MR) is 125 cm³/mol. The molecule has 4 rings (SSSR count). The van der Waals surface area contributed by atoms with E-state index in [1.807, 2.05) is 25.1 Å². The van der Waals surface area contributed by atoms with Gasteiger partial charge in [0.1, 0.15) is 4.90 Å². The summed E-state index contributed by atoms with van der Waals surface area (Å²) < 4.78 is 37.7. The third-order valence-corrected chi connectivity index (χ3v) is 8.51. The van der Waals surface area contributed by atoms with Crippen molar-refractivity contribution >= 4 is 44.4 Å². The van der Waals surface area contributed by atoms with E-state index in [4.69, 9.17) is 21.1 Å². The molecule has 0 unspecified atom stereocenters. The van der Waals surface area contributed by atoms with Crippen LogP contribution in [0.5, 0.6) is 11.5 Å². The number of methoxy groups -OCH3 is 1.